The zero-order chi connectivity index (χ0) is 5.82. The molecule has 0 spiro atoms. The van der Waals surface area contributed by atoms with Gasteiger partial charge in [0.15, 0.2) is 0 Å². The Morgan fingerprint density at radius 2 is 1.78 bits per heavy atom. The molecule has 0 amide bonds. The minimum absolute atomic E-state index is 0. The topological polar surface area (TPSA) is 17.1 Å². The summed E-state index contributed by atoms with van der Waals surface area (Å²) in [4.78, 5) is 10.0. The Balaban J connectivity index is -0.000000213. The number of hydrogen-bond donors (Lipinski definition) is 0. The molecule has 2 heteroatoms. The maximum Gasteiger partial charge on any atom is 2.00 e. The second-order valence-corrected chi connectivity index (χ2v) is 1.53. The van der Waals surface area contributed by atoms with Crippen molar-refractivity contribution >= 4 is 29.3 Å². The molecule has 0 unspecified atom stereocenters. The summed E-state index contributed by atoms with van der Waals surface area (Å²) in [5.41, 5.74) is 0.729. The fourth-order valence-corrected chi connectivity index (χ4v) is 0.532. The van der Waals surface area contributed by atoms with Crippen LogP contribution in [-0.4, -0.2) is 29.3 Å². The molecule has 0 heterocycles. The average molecular weight is 132 g/mol. The molecule has 1 nitrogen and oxygen atoms in total. The maximum atomic E-state index is 10.0. The predicted molar refractivity (Wildman–Crippen MR) is 39.8 cm³/mol. The van der Waals surface area contributed by atoms with Gasteiger partial charge in [-0.3, -0.25) is 4.79 Å². The van der Waals surface area contributed by atoms with E-state index in [-0.39, 0.29) is 25.9 Å². The van der Waals surface area contributed by atoms with Crippen molar-refractivity contribution in [2.75, 3.05) is 0 Å². The van der Waals surface area contributed by atoms with Gasteiger partial charge in [-0.25, -0.2) is 0 Å². The molecule has 0 bridgehead atoms. The van der Waals surface area contributed by atoms with Crippen molar-refractivity contribution in [2.24, 2.45) is 0 Å². The molecule has 0 aliphatic carbocycles. The van der Waals surface area contributed by atoms with Crippen LogP contribution in [0.25, 0.3) is 0 Å². The number of carbonyl (C=O) groups is 1. The van der Waals surface area contributed by atoms with Gasteiger partial charge in [-0.1, -0.05) is 30.3 Å². The van der Waals surface area contributed by atoms with Crippen molar-refractivity contribution in [3.05, 3.63) is 35.9 Å². The molecule has 0 aromatic heterocycles. The van der Waals surface area contributed by atoms with Crippen molar-refractivity contribution in [1.82, 2.24) is 0 Å². The van der Waals surface area contributed by atoms with Crippen LogP contribution in [0, 0.1) is 0 Å². The van der Waals surface area contributed by atoms with E-state index in [0.717, 1.165) is 11.8 Å². The van der Waals surface area contributed by atoms with Crippen LogP contribution >= 0.6 is 0 Å². The molecule has 0 aliphatic heterocycles. The van der Waals surface area contributed by atoms with E-state index in [9.17, 15) is 4.79 Å². The van der Waals surface area contributed by atoms with Crippen molar-refractivity contribution in [3.63, 3.8) is 0 Å². The van der Waals surface area contributed by atoms with Gasteiger partial charge in [-0.2, -0.15) is 0 Å². The number of benzene rings is 1. The molecular formula is C7H8MgO. The monoisotopic (exact) mass is 132 g/mol. The van der Waals surface area contributed by atoms with Gasteiger partial charge in [0.25, 0.3) is 0 Å². The Bertz CT molecular complexity index is 179. The Kier molecular flexibility index (Phi) is 4.35. The molecule has 1 aromatic carbocycles. The molecule has 0 saturated carbocycles. The molecule has 0 fully saturated rings. The number of aldehydes is 1. The summed E-state index contributed by atoms with van der Waals surface area (Å²) in [5, 5.41) is 0. The first kappa shape index (κ1) is 8.66. The summed E-state index contributed by atoms with van der Waals surface area (Å²) < 4.78 is 0. The van der Waals surface area contributed by atoms with Gasteiger partial charge in [0.1, 0.15) is 6.29 Å². The molecule has 0 aliphatic rings. The van der Waals surface area contributed by atoms with E-state index in [1.165, 1.54) is 0 Å². The third-order valence-electron chi connectivity index (χ3n) is 0.936. The predicted octanol–water partition coefficient (Wildman–Crippen LogP) is 1.34. The van der Waals surface area contributed by atoms with Crippen LogP contribution in [-0.2, 0) is 0 Å². The van der Waals surface area contributed by atoms with Gasteiger partial charge in [0.2, 0.25) is 0 Å². The second kappa shape index (κ2) is 4.53. The van der Waals surface area contributed by atoms with Crippen LogP contribution in [0.1, 0.15) is 13.2 Å². The third-order valence-corrected chi connectivity index (χ3v) is 0.936. The number of hydrogen-bond acceptors (Lipinski definition) is 1. The summed E-state index contributed by atoms with van der Waals surface area (Å²) in [6.45, 7) is 0. The van der Waals surface area contributed by atoms with Crippen molar-refractivity contribution in [1.29, 1.82) is 0 Å². The SMILES string of the molecule is O=Cc1ccccc1.[H-].[H-].[Mg+2]. The van der Waals surface area contributed by atoms with E-state index >= 15 is 0 Å². The summed E-state index contributed by atoms with van der Waals surface area (Å²) in [6.07, 6.45) is 0.833. The Labute approximate surface area is 73.2 Å². The average Bonchev–Trinajstić information content (AvgIpc) is 1.90. The minimum Gasteiger partial charge on any atom is -1.00 e. The van der Waals surface area contributed by atoms with Crippen molar-refractivity contribution < 1.29 is 7.65 Å². The van der Waals surface area contributed by atoms with Crippen LogP contribution in [0.4, 0.5) is 0 Å². The molecule has 0 N–H and O–H groups in total. The number of carbonyl (C=O) groups excluding carboxylic acids is 1. The summed E-state index contributed by atoms with van der Waals surface area (Å²) in [7, 11) is 0. The van der Waals surface area contributed by atoms with Crippen molar-refractivity contribution in [3.8, 4) is 0 Å². The third kappa shape index (κ3) is 2.63. The summed E-state index contributed by atoms with van der Waals surface area (Å²) in [6, 6.07) is 9.10. The molecule has 0 saturated heterocycles. The first-order valence-electron chi connectivity index (χ1n) is 2.44. The Morgan fingerprint density at radius 1 is 1.22 bits per heavy atom. The van der Waals surface area contributed by atoms with E-state index in [0.29, 0.717) is 0 Å². The van der Waals surface area contributed by atoms with Crippen LogP contribution in [0.5, 0.6) is 0 Å². The second-order valence-electron chi connectivity index (χ2n) is 1.53. The fraction of sp³-hybridized carbons (Fsp3) is 0. The van der Waals surface area contributed by atoms with Crippen LogP contribution in [0.15, 0.2) is 30.3 Å². The minimum atomic E-state index is 0. The molecule has 44 valence electrons. The van der Waals surface area contributed by atoms with E-state index in [2.05, 4.69) is 0 Å². The number of rotatable bonds is 1. The van der Waals surface area contributed by atoms with Gasteiger partial charge in [0, 0.05) is 5.56 Å². The van der Waals surface area contributed by atoms with E-state index in [1.807, 2.05) is 18.2 Å². The normalized spacial score (nSPS) is 7.56. The van der Waals surface area contributed by atoms with Crippen molar-refractivity contribution in [2.45, 2.75) is 0 Å². The van der Waals surface area contributed by atoms with Gasteiger partial charge in [-0.15, -0.1) is 0 Å². The largest absolute Gasteiger partial charge is 2.00 e. The summed E-state index contributed by atoms with van der Waals surface area (Å²) in [5.74, 6) is 0. The van der Waals surface area contributed by atoms with Crippen LogP contribution < -0.4 is 0 Å². The van der Waals surface area contributed by atoms with Gasteiger partial charge in [0.05, 0.1) is 0 Å². The van der Waals surface area contributed by atoms with Crippen LogP contribution in [0.2, 0.25) is 0 Å². The van der Waals surface area contributed by atoms with Crippen LogP contribution in [0.3, 0.4) is 0 Å². The first-order valence-corrected chi connectivity index (χ1v) is 2.44. The maximum absolute atomic E-state index is 10.0. The Morgan fingerprint density at radius 3 is 2.11 bits per heavy atom. The quantitative estimate of drug-likeness (QED) is 0.416. The summed E-state index contributed by atoms with van der Waals surface area (Å²) >= 11 is 0. The van der Waals surface area contributed by atoms with E-state index in [4.69, 9.17) is 0 Å². The van der Waals surface area contributed by atoms with Gasteiger partial charge < -0.3 is 2.85 Å². The van der Waals surface area contributed by atoms with Gasteiger partial charge in [-0.05, 0) is 0 Å². The van der Waals surface area contributed by atoms with E-state index < -0.39 is 0 Å². The fourth-order valence-electron chi connectivity index (χ4n) is 0.532. The van der Waals surface area contributed by atoms with Gasteiger partial charge >= 0.3 is 23.1 Å². The molecular weight excluding hydrogens is 124 g/mol. The zero-order valence-corrected chi connectivity index (χ0v) is 6.49. The Hall–Kier alpha value is -0.344. The molecule has 0 atom stereocenters. The zero-order valence-electron chi connectivity index (χ0n) is 7.08. The molecule has 9 heavy (non-hydrogen) atoms. The smallest absolute Gasteiger partial charge is 1.00 e. The molecule has 1 rings (SSSR count). The standard InChI is InChI=1S/C7H6O.Mg.2H/c8-6-7-4-2-1-3-5-7;;;/h1-6H;;;/q;+2;2*-1. The molecule has 0 radical (unpaired) electrons. The van der Waals surface area contributed by atoms with E-state index in [1.54, 1.807) is 12.1 Å². The molecule has 1 aromatic rings. The first-order chi connectivity index (χ1) is 3.93.